The van der Waals surface area contributed by atoms with Gasteiger partial charge in [0.2, 0.25) is 22.8 Å². The normalized spacial score (nSPS) is 12.6. The summed E-state index contributed by atoms with van der Waals surface area (Å²) >= 11 is 0. The van der Waals surface area contributed by atoms with E-state index in [0.29, 0.717) is 17.3 Å². The summed E-state index contributed by atoms with van der Waals surface area (Å²) in [5.74, 6) is 0.730. The molecule has 0 unspecified atom stereocenters. The standard InChI is InChI=1S/C17H14FN5O4S/c18-12-5-6-13-16(27-9-26-13)15(12)22-14-7-8-20-17(23-14)21-10-1-3-11(4-2-10)28(19,24)25/h1-8H,9H2,(H2,19,24,25)(H2,20,21,22,23). The minimum absolute atomic E-state index is 0.00925. The van der Waals surface area contributed by atoms with E-state index in [9.17, 15) is 12.8 Å². The van der Waals surface area contributed by atoms with Crippen molar-refractivity contribution >= 4 is 33.2 Å². The molecule has 0 bridgehead atoms. The Balaban J connectivity index is 1.55. The van der Waals surface area contributed by atoms with Crippen molar-refractivity contribution in [2.24, 2.45) is 5.14 Å². The highest BCUT2D eigenvalue weighted by Crippen LogP contribution is 2.41. The molecule has 11 heteroatoms. The molecule has 0 saturated heterocycles. The van der Waals surface area contributed by atoms with Crippen molar-refractivity contribution in [3.63, 3.8) is 0 Å². The Labute approximate surface area is 159 Å². The lowest BCUT2D eigenvalue weighted by atomic mass is 10.2. The maximum absolute atomic E-state index is 14.2. The minimum atomic E-state index is -3.77. The monoisotopic (exact) mass is 403 g/mol. The van der Waals surface area contributed by atoms with Gasteiger partial charge in [-0.1, -0.05) is 0 Å². The number of hydrogen-bond acceptors (Lipinski definition) is 8. The number of fused-ring (bicyclic) bond motifs is 1. The summed E-state index contributed by atoms with van der Waals surface area (Å²) in [7, 11) is -3.77. The molecule has 9 nitrogen and oxygen atoms in total. The zero-order valence-electron chi connectivity index (χ0n) is 14.2. The quantitative estimate of drug-likeness (QED) is 0.593. The third kappa shape index (κ3) is 3.66. The first-order chi connectivity index (χ1) is 13.4. The average molecular weight is 403 g/mol. The van der Waals surface area contributed by atoms with Crippen LogP contribution in [0.3, 0.4) is 0 Å². The van der Waals surface area contributed by atoms with Gasteiger partial charge in [0.25, 0.3) is 0 Å². The molecule has 0 radical (unpaired) electrons. The van der Waals surface area contributed by atoms with Crippen molar-refractivity contribution in [3.8, 4) is 11.5 Å². The highest BCUT2D eigenvalue weighted by atomic mass is 32.2. The molecule has 0 aliphatic carbocycles. The number of ether oxygens (including phenoxy) is 2. The summed E-state index contributed by atoms with van der Waals surface area (Å²) in [4.78, 5) is 8.34. The lowest BCUT2D eigenvalue weighted by Crippen LogP contribution is -2.11. The smallest absolute Gasteiger partial charge is 0.238 e. The number of sulfonamides is 1. The molecule has 28 heavy (non-hydrogen) atoms. The van der Waals surface area contributed by atoms with E-state index in [2.05, 4.69) is 20.6 Å². The van der Waals surface area contributed by atoms with Crippen LogP contribution in [-0.4, -0.2) is 25.2 Å². The Kier molecular flexibility index (Phi) is 4.45. The predicted molar refractivity (Wildman–Crippen MR) is 98.9 cm³/mol. The fourth-order valence-corrected chi connectivity index (χ4v) is 3.05. The fraction of sp³-hybridized carbons (Fsp3) is 0.0588. The summed E-state index contributed by atoms with van der Waals surface area (Å²) in [6.07, 6.45) is 1.48. The number of nitrogens with two attached hydrogens (primary N) is 1. The van der Waals surface area contributed by atoms with Crippen molar-refractivity contribution in [1.82, 2.24) is 9.97 Å². The average Bonchev–Trinajstić information content (AvgIpc) is 3.13. The van der Waals surface area contributed by atoms with Gasteiger partial charge in [-0.05, 0) is 42.5 Å². The zero-order valence-corrected chi connectivity index (χ0v) is 15.0. The number of hydrogen-bond donors (Lipinski definition) is 3. The molecule has 1 aliphatic heterocycles. The molecule has 2 heterocycles. The lowest BCUT2D eigenvalue weighted by molar-refractivity contribution is 0.174. The van der Waals surface area contributed by atoms with Gasteiger partial charge in [0, 0.05) is 11.9 Å². The zero-order chi connectivity index (χ0) is 19.7. The van der Waals surface area contributed by atoms with Gasteiger partial charge in [0.1, 0.15) is 11.5 Å². The predicted octanol–water partition coefficient (Wildman–Crippen LogP) is 2.48. The van der Waals surface area contributed by atoms with Crippen LogP contribution < -0.4 is 25.2 Å². The Morgan fingerprint density at radius 3 is 2.57 bits per heavy atom. The van der Waals surface area contributed by atoms with E-state index in [4.69, 9.17) is 14.6 Å². The molecular weight excluding hydrogens is 389 g/mol. The second-order valence-electron chi connectivity index (χ2n) is 5.74. The van der Waals surface area contributed by atoms with E-state index >= 15 is 0 Å². The van der Waals surface area contributed by atoms with Gasteiger partial charge in [-0.3, -0.25) is 0 Å². The van der Waals surface area contributed by atoms with Gasteiger partial charge in [0.05, 0.1) is 4.90 Å². The summed E-state index contributed by atoms with van der Waals surface area (Å²) in [5, 5.41) is 10.9. The number of aromatic nitrogens is 2. The van der Waals surface area contributed by atoms with Crippen LogP contribution in [0.15, 0.2) is 53.6 Å². The molecular formula is C17H14FN5O4S. The number of nitrogens with zero attached hydrogens (tertiary/aromatic N) is 2. The Bertz CT molecular complexity index is 1140. The highest BCUT2D eigenvalue weighted by Gasteiger charge is 2.21. The second-order valence-corrected chi connectivity index (χ2v) is 7.30. The van der Waals surface area contributed by atoms with E-state index in [1.54, 1.807) is 6.07 Å². The Morgan fingerprint density at radius 1 is 1.04 bits per heavy atom. The number of primary sulfonamides is 1. The molecule has 0 fully saturated rings. The van der Waals surface area contributed by atoms with Crippen LogP contribution in [0, 0.1) is 5.82 Å². The van der Waals surface area contributed by atoms with E-state index in [0.717, 1.165) is 0 Å². The van der Waals surface area contributed by atoms with Crippen LogP contribution in [0.25, 0.3) is 0 Å². The van der Waals surface area contributed by atoms with Gasteiger partial charge in [-0.2, -0.15) is 4.98 Å². The van der Waals surface area contributed by atoms with Crippen LogP contribution in [0.4, 0.5) is 27.5 Å². The summed E-state index contributed by atoms with van der Waals surface area (Å²) in [6, 6.07) is 10.1. The van der Waals surface area contributed by atoms with Crippen LogP contribution in [0.1, 0.15) is 0 Å². The van der Waals surface area contributed by atoms with Crippen LogP contribution in [0.2, 0.25) is 0 Å². The number of rotatable bonds is 5. The van der Waals surface area contributed by atoms with Gasteiger partial charge in [-0.25, -0.2) is 22.9 Å². The van der Waals surface area contributed by atoms with E-state index in [1.165, 1.54) is 42.6 Å². The van der Waals surface area contributed by atoms with Crippen LogP contribution in [0.5, 0.6) is 11.5 Å². The topological polar surface area (TPSA) is 128 Å². The third-order valence-corrected chi connectivity index (χ3v) is 4.77. The maximum Gasteiger partial charge on any atom is 0.238 e. The van der Waals surface area contributed by atoms with Crippen molar-refractivity contribution in [3.05, 3.63) is 54.5 Å². The van der Waals surface area contributed by atoms with Crippen molar-refractivity contribution < 1.29 is 22.3 Å². The number of anilines is 4. The van der Waals surface area contributed by atoms with Crippen molar-refractivity contribution in [2.75, 3.05) is 17.4 Å². The molecule has 4 N–H and O–H groups in total. The third-order valence-electron chi connectivity index (χ3n) is 3.84. The molecule has 1 aromatic heterocycles. The molecule has 0 atom stereocenters. The molecule has 2 aromatic carbocycles. The van der Waals surface area contributed by atoms with Gasteiger partial charge < -0.3 is 20.1 Å². The lowest BCUT2D eigenvalue weighted by Gasteiger charge is -2.11. The summed E-state index contributed by atoms with van der Waals surface area (Å²) in [5.41, 5.74) is 0.658. The molecule has 4 rings (SSSR count). The van der Waals surface area contributed by atoms with E-state index in [1.807, 2.05) is 0 Å². The minimum Gasteiger partial charge on any atom is -0.454 e. The number of halogens is 1. The largest absolute Gasteiger partial charge is 0.454 e. The summed E-state index contributed by atoms with van der Waals surface area (Å²) in [6.45, 7) is 0.0125. The van der Waals surface area contributed by atoms with Crippen LogP contribution >= 0.6 is 0 Å². The SMILES string of the molecule is NS(=O)(=O)c1ccc(Nc2nccc(Nc3c(F)ccc4c3OCO4)n2)cc1. The maximum atomic E-state index is 14.2. The fourth-order valence-electron chi connectivity index (χ4n) is 2.54. The van der Waals surface area contributed by atoms with E-state index in [-0.39, 0.29) is 29.1 Å². The first-order valence-electron chi connectivity index (χ1n) is 7.98. The molecule has 0 spiro atoms. The first-order valence-corrected chi connectivity index (χ1v) is 9.53. The molecule has 0 amide bonds. The number of nitrogens with one attached hydrogen (secondary N) is 2. The van der Waals surface area contributed by atoms with Gasteiger partial charge in [-0.15, -0.1) is 0 Å². The van der Waals surface area contributed by atoms with Gasteiger partial charge >= 0.3 is 0 Å². The molecule has 1 aliphatic rings. The highest BCUT2D eigenvalue weighted by molar-refractivity contribution is 7.89. The molecule has 144 valence electrons. The van der Waals surface area contributed by atoms with Crippen molar-refractivity contribution in [1.29, 1.82) is 0 Å². The Hall–Kier alpha value is -3.44. The second kappa shape index (κ2) is 6.94. The molecule has 3 aromatic rings. The summed E-state index contributed by atoms with van der Waals surface area (Å²) < 4.78 is 47.3. The van der Waals surface area contributed by atoms with Crippen molar-refractivity contribution in [2.45, 2.75) is 4.90 Å². The van der Waals surface area contributed by atoms with Gasteiger partial charge in [0.15, 0.2) is 17.3 Å². The van der Waals surface area contributed by atoms with E-state index < -0.39 is 15.8 Å². The Morgan fingerprint density at radius 2 is 1.82 bits per heavy atom. The van der Waals surface area contributed by atoms with Crippen LogP contribution in [-0.2, 0) is 10.0 Å². The molecule has 0 saturated carbocycles. The first kappa shape index (κ1) is 17.9. The number of benzene rings is 2.